The first-order chi connectivity index (χ1) is 7.68. The molecule has 3 heteroatoms. The Hall–Kier alpha value is -0.540. The highest BCUT2D eigenvalue weighted by molar-refractivity contribution is 8.00. The van der Waals surface area contributed by atoms with E-state index < -0.39 is 0 Å². The van der Waals surface area contributed by atoms with E-state index in [-0.39, 0.29) is 0 Å². The predicted molar refractivity (Wildman–Crippen MR) is 71.9 cm³/mol. The van der Waals surface area contributed by atoms with Gasteiger partial charge in [-0.15, -0.1) is 11.8 Å². The van der Waals surface area contributed by atoms with Crippen LogP contribution in [0.5, 0.6) is 0 Å². The van der Waals surface area contributed by atoms with E-state index in [0.29, 0.717) is 5.25 Å². The molecule has 0 aliphatic carbocycles. The van der Waals surface area contributed by atoms with Crippen LogP contribution in [0.4, 0.5) is 0 Å². The van der Waals surface area contributed by atoms with Crippen molar-refractivity contribution in [2.75, 3.05) is 13.1 Å². The molecule has 0 spiro atoms. The van der Waals surface area contributed by atoms with Gasteiger partial charge in [-0.3, -0.25) is 4.98 Å². The molecule has 90 valence electrons. The lowest BCUT2D eigenvalue weighted by atomic mass is 10.1. The lowest BCUT2D eigenvalue weighted by molar-refractivity contribution is 0.539. The Morgan fingerprint density at radius 1 is 1.25 bits per heavy atom. The van der Waals surface area contributed by atoms with Crippen LogP contribution in [0.25, 0.3) is 0 Å². The topological polar surface area (TPSA) is 24.9 Å². The molecule has 1 atom stereocenters. The molecule has 2 nitrogen and oxygen atoms in total. The number of hydrogen-bond donors (Lipinski definition) is 1. The van der Waals surface area contributed by atoms with Crippen LogP contribution in [0, 0.1) is 5.92 Å². The van der Waals surface area contributed by atoms with Crippen molar-refractivity contribution in [3.05, 3.63) is 24.5 Å². The summed E-state index contributed by atoms with van der Waals surface area (Å²) in [5, 5.41) is 4.11. The van der Waals surface area contributed by atoms with E-state index in [0.717, 1.165) is 19.0 Å². The Kier molecular flexibility index (Phi) is 6.50. The second-order valence-corrected chi connectivity index (χ2v) is 6.01. The molecule has 16 heavy (non-hydrogen) atoms. The summed E-state index contributed by atoms with van der Waals surface area (Å²) < 4.78 is 0. The summed E-state index contributed by atoms with van der Waals surface area (Å²) in [5.41, 5.74) is 0. The number of rotatable bonds is 7. The standard InChI is InChI=1S/C13H22N2S/c1-11(2)4-7-15-10-12(3)16-13-5-8-14-9-6-13/h5-6,8-9,11-12,15H,4,7,10H2,1-3H3. The Bertz CT molecular complexity index is 275. The zero-order valence-electron chi connectivity index (χ0n) is 10.4. The summed E-state index contributed by atoms with van der Waals surface area (Å²) in [4.78, 5) is 5.32. The van der Waals surface area contributed by atoms with Crippen LogP contribution in [-0.4, -0.2) is 23.3 Å². The average Bonchev–Trinajstić information content (AvgIpc) is 2.25. The number of hydrogen-bond acceptors (Lipinski definition) is 3. The van der Waals surface area contributed by atoms with E-state index in [1.807, 2.05) is 24.2 Å². The number of pyridine rings is 1. The third-order valence-electron chi connectivity index (χ3n) is 2.32. The van der Waals surface area contributed by atoms with Crippen LogP contribution < -0.4 is 5.32 Å². The van der Waals surface area contributed by atoms with Crippen molar-refractivity contribution in [2.24, 2.45) is 5.92 Å². The number of nitrogens with one attached hydrogen (secondary N) is 1. The van der Waals surface area contributed by atoms with Crippen molar-refractivity contribution in [3.63, 3.8) is 0 Å². The molecular formula is C13H22N2S. The third-order valence-corrected chi connectivity index (χ3v) is 3.43. The molecule has 0 aliphatic heterocycles. The Balaban J connectivity index is 2.14. The number of aromatic nitrogens is 1. The predicted octanol–water partition coefficient (Wildman–Crippen LogP) is 3.20. The van der Waals surface area contributed by atoms with Gasteiger partial charge in [-0.25, -0.2) is 0 Å². The number of nitrogens with zero attached hydrogens (tertiary/aromatic N) is 1. The first kappa shape index (κ1) is 13.5. The largest absolute Gasteiger partial charge is 0.316 e. The maximum absolute atomic E-state index is 4.02. The van der Waals surface area contributed by atoms with Gasteiger partial charge in [-0.2, -0.15) is 0 Å². The Morgan fingerprint density at radius 2 is 1.94 bits per heavy atom. The summed E-state index contributed by atoms with van der Waals surface area (Å²) in [7, 11) is 0. The minimum Gasteiger partial charge on any atom is -0.316 e. The molecular weight excluding hydrogens is 216 g/mol. The van der Waals surface area contributed by atoms with Crippen LogP contribution in [-0.2, 0) is 0 Å². The van der Waals surface area contributed by atoms with Gasteiger partial charge in [0.15, 0.2) is 0 Å². The smallest absolute Gasteiger partial charge is 0.0278 e. The molecule has 0 saturated carbocycles. The zero-order chi connectivity index (χ0) is 11.8. The van der Waals surface area contributed by atoms with E-state index in [2.05, 4.69) is 43.2 Å². The minimum absolute atomic E-state index is 0.606. The minimum atomic E-state index is 0.606. The Labute approximate surface area is 103 Å². The van der Waals surface area contributed by atoms with E-state index in [4.69, 9.17) is 0 Å². The van der Waals surface area contributed by atoms with Gasteiger partial charge in [0.2, 0.25) is 0 Å². The van der Waals surface area contributed by atoms with E-state index in [1.165, 1.54) is 11.3 Å². The molecule has 0 fully saturated rings. The lowest BCUT2D eigenvalue weighted by Crippen LogP contribution is -2.24. The number of thioether (sulfide) groups is 1. The molecule has 1 heterocycles. The maximum Gasteiger partial charge on any atom is 0.0278 e. The maximum atomic E-state index is 4.02. The van der Waals surface area contributed by atoms with Crippen molar-refractivity contribution in [1.29, 1.82) is 0 Å². The summed E-state index contributed by atoms with van der Waals surface area (Å²) in [6.07, 6.45) is 4.95. The molecule has 1 unspecified atom stereocenters. The van der Waals surface area contributed by atoms with Crippen molar-refractivity contribution in [3.8, 4) is 0 Å². The van der Waals surface area contributed by atoms with Crippen LogP contribution in [0.15, 0.2) is 29.4 Å². The molecule has 1 N–H and O–H groups in total. The van der Waals surface area contributed by atoms with Crippen LogP contribution in [0.1, 0.15) is 27.2 Å². The molecule has 0 amide bonds. The fourth-order valence-corrected chi connectivity index (χ4v) is 2.33. The van der Waals surface area contributed by atoms with E-state index >= 15 is 0 Å². The van der Waals surface area contributed by atoms with Gasteiger partial charge in [0.1, 0.15) is 0 Å². The van der Waals surface area contributed by atoms with E-state index in [1.54, 1.807) is 0 Å². The summed E-state index contributed by atoms with van der Waals surface area (Å²) in [5.74, 6) is 0.788. The second-order valence-electron chi connectivity index (χ2n) is 4.50. The molecule has 1 aromatic rings. The molecule has 1 rings (SSSR count). The molecule has 1 aromatic heterocycles. The highest BCUT2D eigenvalue weighted by atomic mass is 32.2. The quantitative estimate of drug-likeness (QED) is 0.583. The van der Waals surface area contributed by atoms with Crippen molar-refractivity contribution < 1.29 is 0 Å². The van der Waals surface area contributed by atoms with E-state index in [9.17, 15) is 0 Å². The zero-order valence-corrected chi connectivity index (χ0v) is 11.3. The lowest BCUT2D eigenvalue weighted by Gasteiger charge is -2.12. The van der Waals surface area contributed by atoms with Crippen molar-refractivity contribution in [1.82, 2.24) is 10.3 Å². The van der Waals surface area contributed by atoms with Crippen molar-refractivity contribution >= 4 is 11.8 Å². The third kappa shape index (κ3) is 6.13. The van der Waals surface area contributed by atoms with Gasteiger partial charge < -0.3 is 5.32 Å². The van der Waals surface area contributed by atoms with Gasteiger partial charge in [0, 0.05) is 29.1 Å². The molecule has 0 aromatic carbocycles. The highest BCUT2D eigenvalue weighted by Gasteiger charge is 2.03. The SMILES string of the molecule is CC(C)CCNCC(C)Sc1ccncc1. The molecule has 0 saturated heterocycles. The van der Waals surface area contributed by atoms with Gasteiger partial charge in [0.25, 0.3) is 0 Å². The van der Waals surface area contributed by atoms with Gasteiger partial charge in [0.05, 0.1) is 0 Å². The average molecular weight is 238 g/mol. The first-order valence-corrected chi connectivity index (χ1v) is 6.84. The second kappa shape index (κ2) is 7.69. The summed E-state index contributed by atoms with van der Waals surface area (Å²) >= 11 is 1.90. The fourth-order valence-electron chi connectivity index (χ4n) is 1.39. The highest BCUT2D eigenvalue weighted by Crippen LogP contribution is 2.21. The fraction of sp³-hybridized carbons (Fsp3) is 0.615. The monoisotopic (exact) mass is 238 g/mol. The van der Waals surface area contributed by atoms with Crippen LogP contribution >= 0.6 is 11.8 Å². The van der Waals surface area contributed by atoms with Crippen LogP contribution in [0.3, 0.4) is 0 Å². The summed E-state index contributed by atoms with van der Waals surface area (Å²) in [6, 6.07) is 4.13. The van der Waals surface area contributed by atoms with Gasteiger partial charge >= 0.3 is 0 Å². The van der Waals surface area contributed by atoms with Crippen molar-refractivity contribution in [2.45, 2.75) is 37.3 Å². The molecule has 0 radical (unpaired) electrons. The van der Waals surface area contributed by atoms with Gasteiger partial charge in [-0.05, 0) is 31.0 Å². The summed E-state index contributed by atoms with van der Waals surface area (Å²) in [6.45, 7) is 8.97. The normalized spacial score (nSPS) is 13.0. The first-order valence-electron chi connectivity index (χ1n) is 5.96. The molecule has 0 aliphatic rings. The Morgan fingerprint density at radius 3 is 2.56 bits per heavy atom. The van der Waals surface area contributed by atoms with Crippen LogP contribution in [0.2, 0.25) is 0 Å². The molecule has 0 bridgehead atoms. The van der Waals surface area contributed by atoms with Gasteiger partial charge in [-0.1, -0.05) is 20.8 Å².